The third-order valence-corrected chi connectivity index (χ3v) is 5.52. The topological polar surface area (TPSA) is 44.8 Å². The maximum Gasteiger partial charge on any atom is 0.253 e. The maximum atomic E-state index is 14.0. The molecule has 0 aliphatic carbocycles. The van der Waals surface area contributed by atoms with Crippen LogP contribution in [0.2, 0.25) is 0 Å². The van der Waals surface area contributed by atoms with Crippen molar-refractivity contribution < 1.29 is 13.9 Å². The number of amides is 1. The van der Waals surface area contributed by atoms with E-state index in [2.05, 4.69) is 15.1 Å². The molecule has 2 aliphatic heterocycles. The number of piperidine rings is 1. The van der Waals surface area contributed by atoms with Crippen molar-refractivity contribution in [3.63, 3.8) is 0 Å². The van der Waals surface area contributed by atoms with Crippen LogP contribution in [-0.4, -0.2) is 51.3 Å². The van der Waals surface area contributed by atoms with Crippen LogP contribution in [-0.2, 0) is 4.74 Å². The molecule has 148 valence electrons. The fourth-order valence-corrected chi connectivity index (χ4v) is 3.98. The monoisotopic (exact) mass is 383 g/mol. The van der Waals surface area contributed by atoms with Gasteiger partial charge in [0.2, 0.25) is 0 Å². The molecule has 0 aromatic heterocycles. The second-order valence-corrected chi connectivity index (χ2v) is 7.30. The van der Waals surface area contributed by atoms with Crippen LogP contribution >= 0.6 is 0 Å². The number of hydrogen-bond acceptors (Lipinski definition) is 4. The Morgan fingerprint density at radius 2 is 1.50 bits per heavy atom. The van der Waals surface area contributed by atoms with Gasteiger partial charge in [0.25, 0.3) is 5.91 Å². The van der Waals surface area contributed by atoms with Crippen LogP contribution in [0.25, 0.3) is 0 Å². The van der Waals surface area contributed by atoms with E-state index >= 15 is 0 Å². The zero-order chi connectivity index (χ0) is 19.3. The molecule has 2 fully saturated rings. The second-order valence-electron chi connectivity index (χ2n) is 7.30. The molecule has 1 amide bonds. The van der Waals surface area contributed by atoms with Gasteiger partial charge in [-0.15, -0.1) is 0 Å². The Morgan fingerprint density at radius 3 is 2.21 bits per heavy atom. The van der Waals surface area contributed by atoms with Gasteiger partial charge in [0, 0.05) is 37.9 Å². The molecule has 2 aromatic rings. The first kappa shape index (κ1) is 18.7. The summed E-state index contributed by atoms with van der Waals surface area (Å²) in [5.74, 6) is -0.226. The predicted octanol–water partition coefficient (Wildman–Crippen LogP) is 3.06. The molecule has 2 aliphatic rings. The summed E-state index contributed by atoms with van der Waals surface area (Å²) in [6, 6.07) is 14.7. The average Bonchev–Trinajstić information content (AvgIpc) is 2.75. The summed E-state index contributed by atoms with van der Waals surface area (Å²) in [6.07, 6.45) is 1.61. The van der Waals surface area contributed by atoms with Gasteiger partial charge in [-0.05, 0) is 37.1 Å². The molecule has 0 radical (unpaired) electrons. The number of ether oxygens (including phenoxy) is 1. The first-order valence-electron chi connectivity index (χ1n) is 9.94. The Bertz CT molecular complexity index is 815. The number of anilines is 2. The molecule has 5 nitrogen and oxygen atoms in total. The molecule has 0 atom stereocenters. The Balaban J connectivity index is 1.38. The van der Waals surface area contributed by atoms with Crippen molar-refractivity contribution in [3.05, 3.63) is 59.9 Å². The molecule has 6 heteroatoms. The normalized spacial score (nSPS) is 18.2. The molecule has 1 N–H and O–H groups in total. The van der Waals surface area contributed by atoms with Crippen LogP contribution in [0, 0.1) is 5.82 Å². The lowest BCUT2D eigenvalue weighted by Crippen LogP contribution is -2.45. The molecular formula is C22H26FN3O2. The summed E-state index contributed by atoms with van der Waals surface area (Å²) in [7, 11) is 0. The first-order valence-corrected chi connectivity index (χ1v) is 9.94. The number of nitrogens with zero attached hydrogens (tertiary/aromatic N) is 2. The van der Waals surface area contributed by atoms with E-state index in [0.717, 1.165) is 44.7 Å². The lowest BCUT2D eigenvalue weighted by atomic mass is 10.0. The van der Waals surface area contributed by atoms with Crippen molar-refractivity contribution in [2.75, 3.05) is 49.2 Å². The summed E-state index contributed by atoms with van der Waals surface area (Å²) < 4.78 is 19.4. The minimum atomic E-state index is -0.190. The number of benzene rings is 2. The molecule has 0 bridgehead atoms. The van der Waals surface area contributed by atoms with E-state index in [9.17, 15) is 9.18 Å². The van der Waals surface area contributed by atoms with Crippen LogP contribution in [0.5, 0.6) is 0 Å². The van der Waals surface area contributed by atoms with E-state index < -0.39 is 0 Å². The van der Waals surface area contributed by atoms with Crippen LogP contribution in [0.1, 0.15) is 23.2 Å². The van der Waals surface area contributed by atoms with Crippen LogP contribution < -0.4 is 15.1 Å². The van der Waals surface area contributed by atoms with Crippen molar-refractivity contribution >= 4 is 17.3 Å². The highest BCUT2D eigenvalue weighted by Gasteiger charge is 2.24. The average molecular weight is 383 g/mol. The third-order valence-electron chi connectivity index (χ3n) is 5.52. The highest BCUT2D eigenvalue weighted by Crippen LogP contribution is 2.24. The zero-order valence-corrected chi connectivity index (χ0v) is 15.9. The van der Waals surface area contributed by atoms with Gasteiger partial charge in [-0.3, -0.25) is 4.79 Å². The smallest absolute Gasteiger partial charge is 0.253 e. The van der Waals surface area contributed by atoms with Crippen LogP contribution in [0.15, 0.2) is 48.5 Å². The molecule has 2 saturated heterocycles. The largest absolute Gasteiger partial charge is 0.378 e. The lowest BCUT2D eigenvalue weighted by Gasteiger charge is -2.34. The van der Waals surface area contributed by atoms with E-state index in [-0.39, 0.29) is 17.8 Å². The van der Waals surface area contributed by atoms with Crippen molar-refractivity contribution in [2.45, 2.75) is 18.9 Å². The quantitative estimate of drug-likeness (QED) is 0.881. The highest BCUT2D eigenvalue weighted by molar-refractivity contribution is 6.00. The fraction of sp³-hybridized carbons (Fsp3) is 0.409. The van der Waals surface area contributed by atoms with Gasteiger partial charge < -0.3 is 19.9 Å². The standard InChI is InChI=1S/C22H26FN3O2/c23-19-6-2-4-8-21(19)25-11-9-17(10-12-25)24-22(27)18-5-1-3-7-20(18)26-13-15-28-16-14-26/h1-8,17H,9-16H2,(H,24,27). The maximum absolute atomic E-state index is 14.0. The molecule has 4 rings (SSSR count). The summed E-state index contributed by atoms with van der Waals surface area (Å²) in [6.45, 7) is 4.43. The van der Waals surface area contributed by atoms with E-state index in [4.69, 9.17) is 4.74 Å². The third kappa shape index (κ3) is 4.12. The zero-order valence-electron chi connectivity index (χ0n) is 15.9. The van der Waals surface area contributed by atoms with Gasteiger partial charge in [-0.1, -0.05) is 24.3 Å². The molecule has 28 heavy (non-hydrogen) atoms. The molecular weight excluding hydrogens is 357 g/mol. The SMILES string of the molecule is O=C(NC1CCN(c2ccccc2F)CC1)c1ccccc1N1CCOCC1. The fourth-order valence-electron chi connectivity index (χ4n) is 3.98. The summed E-state index contributed by atoms with van der Waals surface area (Å²) in [5.41, 5.74) is 2.32. The minimum Gasteiger partial charge on any atom is -0.378 e. The van der Waals surface area contributed by atoms with Gasteiger partial charge in [0.05, 0.1) is 24.5 Å². The highest BCUT2D eigenvalue weighted by atomic mass is 19.1. The number of halogens is 1. The van der Waals surface area contributed by atoms with Crippen molar-refractivity contribution in [1.29, 1.82) is 0 Å². The van der Waals surface area contributed by atoms with Crippen LogP contribution in [0.3, 0.4) is 0 Å². The van der Waals surface area contributed by atoms with E-state index in [0.29, 0.717) is 24.5 Å². The molecule has 0 saturated carbocycles. The van der Waals surface area contributed by atoms with E-state index in [1.807, 2.05) is 36.4 Å². The molecule has 2 heterocycles. The number of carbonyl (C=O) groups excluding carboxylic acids is 1. The Hall–Kier alpha value is -2.60. The number of para-hydroxylation sites is 2. The number of morpholine rings is 1. The Labute approximate surface area is 165 Å². The van der Waals surface area contributed by atoms with Gasteiger partial charge in [-0.25, -0.2) is 4.39 Å². The van der Waals surface area contributed by atoms with E-state index in [1.54, 1.807) is 6.07 Å². The van der Waals surface area contributed by atoms with Crippen LogP contribution in [0.4, 0.5) is 15.8 Å². The number of carbonyl (C=O) groups is 1. The van der Waals surface area contributed by atoms with Gasteiger partial charge in [0.15, 0.2) is 0 Å². The molecule has 0 unspecified atom stereocenters. The number of rotatable bonds is 4. The second kappa shape index (κ2) is 8.61. The van der Waals surface area contributed by atoms with Gasteiger partial charge in [-0.2, -0.15) is 0 Å². The van der Waals surface area contributed by atoms with Crippen molar-refractivity contribution in [3.8, 4) is 0 Å². The van der Waals surface area contributed by atoms with Gasteiger partial charge >= 0.3 is 0 Å². The number of hydrogen-bond donors (Lipinski definition) is 1. The van der Waals surface area contributed by atoms with Crippen molar-refractivity contribution in [2.24, 2.45) is 0 Å². The summed E-state index contributed by atoms with van der Waals surface area (Å²) in [4.78, 5) is 17.2. The lowest BCUT2D eigenvalue weighted by molar-refractivity contribution is 0.0929. The minimum absolute atomic E-state index is 0.0357. The first-order chi connectivity index (χ1) is 13.7. The summed E-state index contributed by atoms with van der Waals surface area (Å²) >= 11 is 0. The summed E-state index contributed by atoms with van der Waals surface area (Å²) in [5, 5.41) is 3.18. The van der Waals surface area contributed by atoms with Crippen molar-refractivity contribution in [1.82, 2.24) is 5.32 Å². The Morgan fingerprint density at radius 1 is 0.893 bits per heavy atom. The van der Waals surface area contributed by atoms with Gasteiger partial charge in [0.1, 0.15) is 5.82 Å². The molecule has 2 aromatic carbocycles. The predicted molar refractivity (Wildman–Crippen MR) is 109 cm³/mol. The Kier molecular flexibility index (Phi) is 5.76. The molecule has 0 spiro atoms. The number of nitrogens with one attached hydrogen (secondary N) is 1. The van der Waals surface area contributed by atoms with E-state index in [1.165, 1.54) is 6.07 Å².